The molecule has 0 bridgehead atoms. The van der Waals surface area contributed by atoms with Crippen molar-refractivity contribution in [3.8, 4) is 5.75 Å². The number of piperidine rings is 1. The smallest absolute Gasteiger partial charge is 0.239 e. The topological polar surface area (TPSA) is 64.8 Å². The van der Waals surface area contributed by atoms with E-state index in [-0.39, 0.29) is 23.7 Å². The van der Waals surface area contributed by atoms with Crippen molar-refractivity contribution in [2.75, 3.05) is 26.3 Å². The Labute approximate surface area is 141 Å². The van der Waals surface area contributed by atoms with E-state index in [1.807, 2.05) is 4.90 Å². The molecule has 2 aliphatic heterocycles. The molecule has 2 aliphatic rings. The van der Waals surface area contributed by atoms with Gasteiger partial charge in [0.1, 0.15) is 17.7 Å². The average Bonchev–Trinajstić information content (AvgIpc) is 2.64. The van der Waals surface area contributed by atoms with Crippen molar-refractivity contribution in [1.29, 1.82) is 0 Å². The zero-order valence-corrected chi connectivity index (χ0v) is 13.8. The minimum absolute atomic E-state index is 0.0436. The number of hydrogen-bond acceptors (Lipinski definition) is 4. The maximum absolute atomic E-state index is 12.9. The van der Waals surface area contributed by atoms with Crippen LogP contribution in [-0.4, -0.2) is 49.3 Å². The van der Waals surface area contributed by atoms with E-state index in [0.29, 0.717) is 32.1 Å². The molecule has 3 rings (SSSR count). The van der Waals surface area contributed by atoms with Crippen LogP contribution in [0.1, 0.15) is 25.7 Å². The third-order valence-corrected chi connectivity index (χ3v) is 4.93. The van der Waals surface area contributed by atoms with Crippen LogP contribution in [0.5, 0.6) is 5.75 Å². The Hall–Kier alpha value is -1.66. The average molecular weight is 336 g/mol. The lowest BCUT2D eigenvalue weighted by molar-refractivity contribution is -0.136. The number of carbonyl (C=O) groups is 1. The molecule has 0 aliphatic carbocycles. The normalized spacial score (nSPS) is 21.5. The van der Waals surface area contributed by atoms with Crippen molar-refractivity contribution in [3.05, 3.63) is 30.1 Å². The Morgan fingerprint density at radius 1 is 1.17 bits per heavy atom. The van der Waals surface area contributed by atoms with Crippen molar-refractivity contribution >= 4 is 5.91 Å². The van der Waals surface area contributed by atoms with Gasteiger partial charge in [-0.25, -0.2) is 4.39 Å². The van der Waals surface area contributed by atoms with Gasteiger partial charge in [0.2, 0.25) is 5.91 Å². The van der Waals surface area contributed by atoms with E-state index < -0.39 is 6.04 Å². The summed E-state index contributed by atoms with van der Waals surface area (Å²) in [5, 5.41) is 0. The first-order chi connectivity index (χ1) is 11.6. The molecular weight excluding hydrogens is 311 g/mol. The Bertz CT molecular complexity index is 538. The van der Waals surface area contributed by atoms with Crippen molar-refractivity contribution in [3.63, 3.8) is 0 Å². The summed E-state index contributed by atoms with van der Waals surface area (Å²) in [5.74, 6) is 0.659. The third kappa shape index (κ3) is 4.24. The Kier molecular flexibility index (Phi) is 5.68. The standard InChI is InChI=1S/C18H25FN2O3/c19-14-1-3-15(4-2-14)24-16-5-9-21(10-6-16)18(22)17(20)13-7-11-23-12-8-13/h1-4,13,16-17H,5-12,20H2. The van der Waals surface area contributed by atoms with Crippen molar-refractivity contribution in [2.45, 2.75) is 37.8 Å². The Morgan fingerprint density at radius 2 is 1.79 bits per heavy atom. The third-order valence-electron chi connectivity index (χ3n) is 4.93. The molecule has 0 saturated carbocycles. The van der Waals surface area contributed by atoms with Crippen LogP contribution < -0.4 is 10.5 Å². The first-order valence-corrected chi connectivity index (χ1v) is 8.68. The summed E-state index contributed by atoms with van der Waals surface area (Å²) < 4.78 is 24.1. The fourth-order valence-electron chi connectivity index (χ4n) is 3.39. The molecule has 2 N–H and O–H groups in total. The number of carbonyl (C=O) groups excluding carboxylic acids is 1. The van der Waals surface area contributed by atoms with E-state index in [1.54, 1.807) is 12.1 Å². The van der Waals surface area contributed by atoms with Gasteiger partial charge in [-0.15, -0.1) is 0 Å². The van der Waals surface area contributed by atoms with E-state index in [2.05, 4.69) is 0 Å². The second-order valence-electron chi connectivity index (χ2n) is 6.57. The lowest BCUT2D eigenvalue weighted by Gasteiger charge is -2.36. The van der Waals surface area contributed by atoms with Gasteiger partial charge in [-0.3, -0.25) is 4.79 Å². The largest absolute Gasteiger partial charge is 0.490 e. The molecule has 1 aromatic carbocycles. The summed E-state index contributed by atoms with van der Waals surface area (Å²) >= 11 is 0. The number of benzene rings is 1. The number of halogens is 1. The maximum Gasteiger partial charge on any atom is 0.239 e. The highest BCUT2D eigenvalue weighted by atomic mass is 19.1. The summed E-state index contributed by atoms with van der Waals surface area (Å²) in [6.45, 7) is 2.70. The number of rotatable bonds is 4. The van der Waals surface area contributed by atoms with Crippen LogP contribution in [0.3, 0.4) is 0 Å². The molecule has 2 fully saturated rings. The van der Waals surface area contributed by atoms with E-state index in [0.717, 1.165) is 25.7 Å². The molecule has 6 heteroatoms. The molecular formula is C18H25FN2O3. The summed E-state index contributed by atoms with van der Waals surface area (Å²) in [4.78, 5) is 14.4. The molecule has 0 aromatic heterocycles. The van der Waals surface area contributed by atoms with Gasteiger partial charge >= 0.3 is 0 Å². The first-order valence-electron chi connectivity index (χ1n) is 8.68. The summed E-state index contributed by atoms with van der Waals surface area (Å²) in [7, 11) is 0. The van der Waals surface area contributed by atoms with Crippen LogP contribution >= 0.6 is 0 Å². The molecule has 0 spiro atoms. The first kappa shape index (κ1) is 17.2. The Balaban J connectivity index is 1.47. The van der Waals surface area contributed by atoms with Gasteiger partial charge in [-0.05, 0) is 43.0 Å². The monoisotopic (exact) mass is 336 g/mol. The van der Waals surface area contributed by atoms with E-state index in [4.69, 9.17) is 15.2 Å². The highest BCUT2D eigenvalue weighted by Gasteiger charge is 2.32. The van der Waals surface area contributed by atoms with Crippen molar-refractivity contribution in [2.24, 2.45) is 11.7 Å². The molecule has 1 unspecified atom stereocenters. The second-order valence-corrected chi connectivity index (χ2v) is 6.57. The fourth-order valence-corrected chi connectivity index (χ4v) is 3.39. The summed E-state index contributed by atoms with van der Waals surface area (Å²) in [6.07, 6.45) is 3.31. The van der Waals surface area contributed by atoms with Gasteiger partial charge in [0.15, 0.2) is 0 Å². The Morgan fingerprint density at radius 3 is 2.42 bits per heavy atom. The summed E-state index contributed by atoms with van der Waals surface area (Å²) in [5.41, 5.74) is 6.18. The van der Waals surface area contributed by atoms with Crippen molar-refractivity contribution < 1.29 is 18.7 Å². The number of nitrogens with two attached hydrogens (primary N) is 1. The van der Waals surface area contributed by atoms with Crippen LogP contribution in [-0.2, 0) is 9.53 Å². The predicted molar refractivity (Wildman–Crippen MR) is 88.1 cm³/mol. The minimum atomic E-state index is -0.427. The van der Waals surface area contributed by atoms with Crippen molar-refractivity contribution in [1.82, 2.24) is 4.90 Å². The zero-order valence-electron chi connectivity index (χ0n) is 13.8. The molecule has 24 heavy (non-hydrogen) atoms. The molecule has 2 saturated heterocycles. The van der Waals surface area contributed by atoms with Crippen LogP contribution in [0.4, 0.5) is 4.39 Å². The molecule has 2 heterocycles. The van der Waals surface area contributed by atoms with Gasteiger partial charge in [0.25, 0.3) is 0 Å². The van der Waals surface area contributed by atoms with E-state index in [9.17, 15) is 9.18 Å². The van der Waals surface area contributed by atoms with Gasteiger partial charge < -0.3 is 20.1 Å². The van der Waals surface area contributed by atoms with Gasteiger partial charge in [0.05, 0.1) is 6.04 Å². The summed E-state index contributed by atoms with van der Waals surface area (Å²) in [6, 6.07) is 5.62. The number of nitrogens with zero attached hydrogens (tertiary/aromatic N) is 1. The van der Waals surface area contributed by atoms with E-state index >= 15 is 0 Å². The van der Waals surface area contributed by atoms with Gasteiger partial charge in [-0.2, -0.15) is 0 Å². The highest BCUT2D eigenvalue weighted by molar-refractivity contribution is 5.82. The van der Waals surface area contributed by atoms with E-state index in [1.165, 1.54) is 12.1 Å². The lowest BCUT2D eigenvalue weighted by Crippen LogP contribution is -2.52. The highest BCUT2D eigenvalue weighted by Crippen LogP contribution is 2.22. The van der Waals surface area contributed by atoms with Gasteiger partial charge in [0, 0.05) is 39.1 Å². The molecule has 5 nitrogen and oxygen atoms in total. The number of hydrogen-bond donors (Lipinski definition) is 1. The number of amides is 1. The molecule has 1 atom stereocenters. The van der Waals surface area contributed by atoms with Gasteiger partial charge in [-0.1, -0.05) is 0 Å². The maximum atomic E-state index is 12.9. The van der Waals surface area contributed by atoms with Crippen LogP contribution in [0.2, 0.25) is 0 Å². The van der Waals surface area contributed by atoms with Crippen LogP contribution in [0.15, 0.2) is 24.3 Å². The van der Waals surface area contributed by atoms with Crippen LogP contribution in [0, 0.1) is 11.7 Å². The SMILES string of the molecule is NC(C(=O)N1CCC(Oc2ccc(F)cc2)CC1)C1CCOCC1. The minimum Gasteiger partial charge on any atom is -0.490 e. The molecule has 132 valence electrons. The van der Waals surface area contributed by atoms with Crippen LogP contribution in [0.25, 0.3) is 0 Å². The number of ether oxygens (including phenoxy) is 2. The zero-order chi connectivity index (χ0) is 16.9. The fraction of sp³-hybridized carbons (Fsp3) is 0.611. The quantitative estimate of drug-likeness (QED) is 0.913. The molecule has 1 aromatic rings. The second kappa shape index (κ2) is 7.94. The number of likely N-dealkylation sites (tertiary alicyclic amines) is 1. The predicted octanol–water partition coefficient (Wildman–Crippen LogP) is 1.95. The molecule has 0 radical (unpaired) electrons. The lowest BCUT2D eigenvalue weighted by atomic mass is 9.91. The molecule has 1 amide bonds.